The molecule has 0 aliphatic rings. The third-order valence-corrected chi connectivity index (χ3v) is 15.8. The minimum Gasteiger partial charge on any atom is -0.365 e. The molecule has 0 aromatic heterocycles. The molecule has 3 heteroatoms. The second kappa shape index (κ2) is 6.39. The van der Waals surface area contributed by atoms with E-state index in [4.69, 9.17) is 4.30 Å². The van der Waals surface area contributed by atoms with Gasteiger partial charge in [-0.2, -0.15) is 0 Å². The lowest BCUT2D eigenvalue weighted by atomic mass is 10.2. The van der Waals surface area contributed by atoms with Gasteiger partial charge in [-0.15, -0.1) is 0 Å². The van der Waals surface area contributed by atoms with Crippen molar-refractivity contribution < 1.29 is 0 Å². The third kappa shape index (κ3) is 4.60. The molecule has 1 nitrogen and oxygen atoms in total. The monoisotopic (exact) mass is 327 g/mol. The topological polar surface area (TPSA) is 12.4 Å². The van der Waals surface area contributed by atoms with Crippen molar-refractivity contribution in [2.24, 2.45) is 4.30 Å². The van der Waals surface area contributed by atoms with Crippen LogP contribution in [0, 0.1) is 0 Å². The summed E-state index contributed by atoms with van der Waals surface area (Å²) in [7, 11) is -2.58. The van der Waals surface area contributed by atoms with E-state index < -0.39 is 16.8 Å². The first-order valence-corrected chi connectivity index (χ1v) is 12.1. The van der Waals surface area contributed by atoms with Gasteiger partial charge in [0.1, 0.15) is 8.59 Å². The fraction of sp³-hybridized carbons (Fsp3) is 1.00. The van der Waals surface area contributed by atoms with Gasteiger partial charge < -0.3 is 4.30 Å². The predicted molar refractivity (Wildman–Crippen MR) is 103 cm³/mol. The highest BCUT2D eigenvalue weighted by molar-refractivity contribution is 6.87. The van der Waals surface area contributed by atoms with Crippen LogP contribution >= 0.6 is 0 Å². The maximum absolute atomic E-state index is 5.86. The van der Waals surface area contributed by atoms with Crippen molar-refractivity contribution in [2.45, 2.75) is 116 Å². The van der Waals surface area contributed by atoms with E-state index in [-0.39, 0.29) is 0 Å². The van der Waals surface area contributed by atoms with Crippen molar-refractivity contribution in [3.05, 3.63) is 0 Å². The van der Waals surface area contributed by atoms with Crippen LogP contribution in [-0.2, 0) is 0 Å². The Labute approximate surface area is 137 Å². The molecule has 0 fully saturated rings. The average Bonchev–Trinajstić information content (AvgIpc) is 2.09. The largest absolute Gasteiger partial charge is 0.365 e. The standard InChI is InChI=1S/C18H41NSi2/c1-14(2)21(15(3)4,18(11,12)13)19-20(16(5,6)7)17(8,9)10/h14-15H,1-13H3. The first-order chi connectivity index (χ1) is 8.98. The summed E-state index contributed by atoms with van der Waals surface area (Å²) in [5.74, 6) is 0. The smallest absolute Gasteiger partial charge is 0.177 e. The maximum atomic E-state index is 5.86. The van der Waals surface area contributed by atoms with Crippen molar-refractivity contribution in [1.29, 1.82) is 0 Å². The van der Waals surface area contributed by atoms with Gasteiger partial charge >= 0.3 is 0 Å². The van der Waals surface area contributed by atoms with Crippen molar-refractivity contribution in [3.63, 3.8) is 0 Å². The lowest BCUT2D eigenvalue weighted by Crippen LogP contribution is -2.50. The quantitative estimate of drug-likeness (QED) is 0.478. The molecule has 0 N–H and O–H groups in total. The number of nitrogens with zero attached hydrogens (tertiary/aromatic N) is 1. The van der Waals surface area contributed by atoms with E-state index in [2.05, 4.69) is 90.0 Å². The van der Waals surface area contributed by atoms with Crippen molar-refractivity contribution in [1.82, 2.24) is 0 Å². The zero-order valence-corrected chi connectivity index (χ0v) is 19.1. The molecule has 0 radical (unpaired) electrons. The molecule has 21 heavy (non-hydrogen) atoms. The van der Waals surface area contributed by atoms with E-state index in [1.165, 1.54) is 0 Å². The van der Waals surface area contributed by atoms with Gasteiger partial charge in [-0.05, 0) is 26.2 Å². The van der Waals surface area contributed by atoms with E-state index in [0.717, 1.165) is 0 Å². The Morgan fingerprint density at radius 2 is 0.952 bits per heavy atom. The third-order valence-electron chi connectivity index (χ3n) is 4.68. The molecule has 0 amide bonds. The summed E-state index contributed by atoms with van der Waals surface area (Å²) in [5.41, 5.74) is 1.39. The van der Waals surface area contributed by atoms with Crippen LogP contribution < -0.4 is 0 Å². The summed E-state index contributed by atoms with van der Waals surface area (Å²) in [6.07, 6.45) is 0. The van der Waals surface area contributed by atoms with Gasteiger partial charge in [-0.3, -0.25) is 0 Å². The molecule has 0 atom stereocenters. The number of hydrogen-bond acceptors (Lipinski definition) is 1. The van der Waals surface area contributed by atoms with Crippen LogP contribution in [0.4, 0.5) is 0 Å². The molecule has 0 rings (SSSR count). The lowest BCUT2D eigenvalue weighted by molar-refractivity contribution is 0.635. The van der Waals surface area contributed by atoms with Gasteiger partial charge in [0.05, 0.1) is 0 Å². The van der Waals surface area contributed by atoms with Crippen molar-refractivity contribution >= 4 is 16.8 Å². The maximum Gasteiger partial charge on any atom is 0.177 e. The fourth-order valence-corrected chi connectivity index (χ4v) is 19.1. The second-order valence-electron chi connectivity index (χ2n) is 10.3. The first kappa shape index (κ1) is 21.2. The Hall–Kier alpha value is 0.234. The van der Waals surface area contributed by atoms with E-state index in [1.54, 1.807) is 0 Å². The minimum absolute atomic E-state index is 0.316. The molecule has 0 aromatic carbocycles. The summed E-state index contributed by atoms with van der Waals surface area (Å²) in [6.45, 7) is 31.4. The fourth-order valence-electron chi connectivity index (χ4n) is 4.47. The molecule has 0 aliphatic carbocycles. The van der Waals surface area contributed by atoms with Gasteiger partial charge in [0.25, 0.3) is 0 Å². The van der Waals surface area contributed by atoms with Crippen molar-refractivity contribution in [3.8, 4) is 0 Å². The zero-order chi connectivity index (χ0) is 17.4. The van der Waals surface area contributed by atoms with Gasteiger partial charge in [-0.25, -0.2) is 0 Å². The van der Waals surface area contributed by atoms with Crippen LogP contribution in [0.25, 0.3) is 0 Å². The molecule has 0 heterocycles. The molecule has 0 aliphatic heterocycles. The highest BCUT2D eigenvalue weighted by atomic mass is 28.4. The lowest BCUT2D eigenvalue weighted by Gasteiger charge is -2.48. The van der Waals surface area contributed by atoms with Gasteiger partial charge in [0, 0.05) is 0 Å². The highest BCUT2D eigenvalue weighted by Gasteiger charge is 2.51. The normalized spacial score (nSPS) is 14.8. The molecular weight excluding hydrogens is 286 g/mol. The summed E-state index contributed by atoms with van der Waals surface area (Å²) >= 11 is 0. The molecule has 0 saturated carbocycles. The average molecular weight is 328 g/mol. The summed E-state index contributed by atoms with van der Waals surface area (Å²) in [5, 5.41) is 0.953. The van der Waals surface area contributed by atoms with Crippen LogP contribution in [0.5, 0.6) is 0 Å². The van der Waals surface area contributed by atoms with Crippen LogP contribution in [0.1, 0.15) is 90.0 Å². The molecule has 126 valence electrons. The molecule has 0 saturated heterocycles. The van der Waals surface area contributed by atoms with Gasteiger partial charge in [-0.1, -0.05) is 90.0 Å². The van der Waals surface area contributed by atoms with E-state index in [9.17, 15) is 0 Å². The van der Waals surface area contributed by atoms with Crippen LogP contribution in [-0.4, -0.2) is 16.8 Å². The number of hydrogen-bond donors (Lipinski definition) is 0. The van der Waals surface area contributed by atoms with E-state index in [1.807, 2.05) is 0 Å². The SMILES string of the molecule is CC(C)[Si](N=[Si](C(C)(C)C)C(C)(C)C)(C(C)C)C(C)(C)C. The summed E-state index contributed by atoms with van der Waals surface area (Å²) in [6, 6.07) is 0. The molecule has 0 spiro atoms. The Balaban J connectivity index is 6.51. The Morgan fingerprint density at radius 1 is 0.667 bits per heavy atom. The Bertz CT molecular complexity index is 349. The van der Waals surface area contributed by atoms with E-state index >= 15 is 0 Å². The predicted octanol–water partition coefficient (Wildman–Crippen LogP) is 7.41. The van der Waals surface area contributed by atoms with Crippen LogP contribution in [0.15, 0.2) is 4.30 Å². The molecular formula is C18H41NSi2. The summed E-state index contributed by atoms with van der Waals surface area (Å²) in [4.78, 5) is 0. The minimum atomic E-state index is -1.76. The summed E-state index contributed by atoms with van der Waals surface area (Å²) < 4.78 is 5.86. The van der Waals surface area contributed by atoms with Crippen LogP contribution in [0.3, 0.4) is 0 Å². The second-order valence-corrected chi connectivity index (χ2v) is 20.4. The molecule has 0 aromatic rings. The van der Waals surface area contributed by atoms with Crippen LogP contribution in [0.2, 0.25) is 26.2 Å². The van der Waals surface area contributed by atoms with Gasteiger partial charge in [0.2, 0.25) is 0 Å². The zero-order valence-electron chi connectivity index (χ0n) is 17.1. The molecule has 0 unspecified atom stereocenters. The first-order valence-electron chi connectivity index (χ1n) is 8.58. The Morgan fingerprint density at radius 3 is 1.10 bits per heavy atom. The van der Waals surface area contributed by atoms with Crippen molar-refractivity contribution in [2.75, 3.05) is 0 Å². The van der Waals surface area contributed by atoms with Gasteiger partial charge in [0.15, 0.2) is 8.24 Å². The number of rotatable bonds is 3. The Kier molecular flexibility index (Phi) is 6.46. The van der Waals surface area contributed by atoms with E-state index in [0.29, 0.717) is 26.2 Å². The molecule has 0 bridgehead atoms. The highest BCUT2D eigenvalue weighted by Crippen LogP contribution is 2.53.